The standard InChI is InChI=1S/C24H18F2N2O5S2/c25-17-1-5-19(6-2-17)27-34(29,30)23-13-9-21(10-14-23)33-22-11-15-24(16-12-22)35(31,32)28-20-7-3-18(26)4-8-20/h1-16,27-28H. The third-order valence-corrected chi connectivity index (χ3v) is 7.49. The fraction of sp³-hybridized carbons (Fsp3) is 0. The molecule has 0 unspecified atom stereocenters. The molecule has 0 saturated heterocycles. The van der Waals surface area contributed by atoms with Crippen molar-refractivity contribution in [3.63, 3.8) is 0 Å². The van der Waals surface area contributed by atoms with Gasteiger partial charge >= 0.3 is 0 Å². The number of nitrogens with one attached hydrogen (secondary N) is 2. The van der Waals surface area contributed by atoms with Gasteiger partial charge in [-0.25, -0.2) is 25.6 Å². The van der Waals surface area contributed by atoms with E-state index < -0.39 is 31.7 Å². The molecule has 4 aromatic rings. The third-order valence-electron chi connectivity index (χ3n) is 4.70. The summed E-state index contributed by atoms with van der Waals surface area (Å²) in [4.78, 5) is -0.0510. The highest BCUT2D eigenvalue weighted by Gasteiger charge is 2.16. The molecule has 0 aliphatic carbocycles. The Hall–Kier alpha value is -3.96. The van der Waals surface area contributed by atoms with Crippen LogP contribution in [0.1, 0.15) is 0 Å². The van der Waals surface area contributed by atoms with E-state index in [1.807, 2.05) is 0 Å². The summed E-state index contributed by atoms with van der Waals surface area (Å²) >= 11 is 0. The molecule has 0 radical (unpaired) electrons. The SMILES string of the molecule is O=S(=O)(Nc1ccc(F)cc1)c1ccc(Oc2ccc(S(=O)(=O)Nc3ccc(F)cc3)cc2)cc1. The summed E-state index contributed by atoms with van der Waals surface area (Å²) in [6, 6.07) is 20.9. The minimum absolute atomic E-state index is 0.0255. The molecule has 4 aromatic carbocycles. The predicted molar refractivity (Wildman–Crippen MR) is 127 cm³/mol. The van der Waals surface area contributed by atoms with Gasteiger partial charge < -0.3 is 4.74 Å². The molecule has 0 amide bonds. The van der Waals surface area contributed by atoms with E-state index in [2.05, 4.69) is 9.44 Å². The van der Waals surface area contributed by atoms with Gasteiger partial charge in [0.05, 0.1) is 9.79 Å². The van der Waals surface area contributed by atoms with Gasteiger partial charge in [-0.05, 0) is 97.1 Å². The summed E-state index contributed by atoms with van der Waals surface area (Å²) in [5, 5.41) is 0. The van der Waals surface area contributed by atoms with E-state index in [1.54, 1.807) is 0 Å². The molecule has 0 heterocycles. The number of anilines is 2. The molecule has 0 aromatic heterocycles. The Morgan fingerprint density at radius 2 is 0.800 bits per heavy atom. The van der Waals surface area contributed by atoms with Crippen LogP contribution in [0, 0.1) is 11.6 Å². The Morgan fingerprint density at radius 1 is 0.486 bits per heavy atom. The largest absolute Gasteiger partial charge is 0.457 e. The molecule has 11 heteroatoms. The van der Waals surface area contributed by atoms with Crippen LogP contribution in [0.2, 0.25) is 0 Å². The van der Waals surface area contributed by atoms with E-state index >= 15 is 0 Å². The van der Waals surface area contributed by atoms with Crippen molar-refractivity contribution in [2.24, 2.45) is 0 Å². The first-order chi connectivity index (χ1) is 16.6. The lowest BCUT2D eigenvalue weighted by atomic mass is 10.3. The Kier molecular flexibility index (Phi) is 6.72. The molecule has 7 nitrogen and oxygen atoms in total. The van der Waals surface area contributed by atoms with Gasteiger partial charge in [-0.2, -0.15) is 0 Å². The van der Waals surface area contributed by atoms with E-state index in [0.717, 1.165) is 24.3 Å². The Bertz CT molecular complexity index is 1410. The lowest BCUT2D eigenvalue weighted by molar-refractivity contribution is 0.481. The normalized spacial score (nSPS) is 11.6. The van der Waals surface area contributed by atoms with Crippen LogP contribution in [0.25, 0.3) is 0 Å². The lowest BCUT2D eigenvalue weighted by Crippen LogP contribution is -2.13. The first-order valence-electron chi connectivity index (χ1n) is 10.1. The van der Waals surface area contributed by atoms with E-state index in [4.69, 9.17) is 4.74 Å². The number of sulfonamides is 2. The molecule has 4 rings (SSSR count). The van der Waals surface area contributed by atoms with Gasteiger partial charge in [-0.3, -0.25) is 9.44 Å². The summed E-state index contributed by atoms with van der Waals surface area (Å²) in [6.07, 6.45) is 0. The Labute approximate surface area is 201 Å². The summed E-state index contributed by atoms with van der Waals surface area (Å²) in [5.74, 6) is -0.315. The molecular weight excluding hydrogens is 498 g/mol. The van der Waals surface area contributed by atoms with E-state index in [-0.39, 0.29) is 21.2 Å². The molecule has 0 aliphatic heterocycles. The zero-order valence-electron chi connectivity index (χ0n) is 17.9. The molecule has 180 valence electrons. The number of hydrogen-bond acceptors (Lipinski definition) is 5. The molecule has 0 saturated carbocycles. The van der Waals surface area contributed by atoms with Crippen molar-refractivity contribution in [2.75, 3.05) is 9.44 Å². The lowest BCUT2D eigenvalue weighted by Gasteiger charge is -2.11. The maximum Gasteiger partial charge on any atom is 0.261 e. The molecule has 0 atom stereocenters. The maximum absolute atomic E-state index is 13.0. The van der Waals surface area contributed by atoms with Crippen molar-refractivity contribution in [1.29, 1.82) is 0 Å². The van der Waals surface area contributed by atoms with Gasteiger partial charge in [0.25, 0.3) is 20.0 Å². The van der Waals surface area contributed by atoms with Gasteiger partial charge in [-0.1, -0.05) is 0 Å². The summed E-state index contributed by atoms with van der Waals surface area (Å²) in [5.41, 5.74) is 0.436. The van der Waals surface area contributed by atoms with Crippen molar-refractivity contribution in [3.8, 4) is 11.5 Å². The number of halogens is 2. The molecule has 2 N–H and O–H groups in total. The van der Waals surface area contributed by atoms with Crippen LogP contribution in [0.5, 0.6) is 11.5 Å². The molecule has 0 bridgehead atoms. The highest BCUT2D eigenvalue weighted by Crippen LogP contribution is 2.26. The van der Waals surface area contributed by atoms with Crippen molar-refractivity contribution >= 4 is 31.4 Å². The third kappa shape index (κ3) is 6.14. The second-order valence-electron chi connectivity index (χ2n) is 7.27. The molecule has 0 aliphatic rings. The molecule has 35 heavy (non-hydrogen) atoms. The second-order valence-corrected chi connectivity index (χ2v) is 10.6. The number of ether oxygens (including phenoxy) is 1. The van der Waals surface area contributed by atoms with Crippen molar-refractivity contribution in [3.05, 3.63) is 109 Å². The van der Waals surface area contributed by atoms with Gasteiger partial charge in [0.2, 0.25) is 0 Å². The van der Waals surface area contributed by atoms with Crippen LogP contribution < -0.4 is 14.2 Å². The average molecular weight is 517 g/mol. The van der Waals surface area contributed by atoms with E-state index in [1.165, 1.54) is 72.8 Å². The van der Waals surface area contributed by atoms with Crippen LogP contribution in [0.4, 0.5) is 20.2 Å². The highest BCUT2D eigenvalue weighted by atomic mass is 32.2. The van der Waals surface area contributed by atoms with Crippen LogP contribution in [0.15, 0.2) is 107 Å². The zero-order valence-corrected chi connectivity index (χ0v) is 19.5. The van der Waals surface area contributed by atoms with E-state index in [9.17, 15) is 25.6 Å². The monoisotopic (exact) mass is 516 g/mol. The van der Waals surface area contributed by atoms with Crippen molar-refractivity contribution in [2.45, 2.75) is 9.79 Å². The van der Waals surface area contributed by atoms with Crippen molar-refractivity contribution in [1.82, 2.24) is 0 Å². The Balaban J connectivity index is 1.42. The van der Waals surface area contributed by atoms with Gasteiger partial charge in [-0.15, -0.1) is 0 Å². The summed E-state index contributed by atoms with van der Waals surface area (Å²) in [7, 11) is -7.78. The van der Waals surface area contributed by atoms with Crippen LogP contribution in [-0.2, 0) is 20.0 Å². The number of hydrogen-bond donors (Lipinski definition) is 2. The van der Waals surface area contributed by atoms with Gasteiger partial charge in [0, 0.05) is 11.4 Å². The average Bonchev–Trinajstić information content (AvgIpc) is 2.82. The van der Waals surface area contributed by atoms with Crippen molar-refractivity contribution < 1.29 is 30.4 Å². The molecular formula is C24H18F2N2O5S2. The summed E-state index contributed by atoms with van der Waals surface area (Å²) < 4.78 is 86.4. The highest BCUT2D eigenvalue weighted by molar-refractivity contribution is 7.93. The minimum atomic E-state index is -3.89. The number of benzene rings is 4. The predicted octanol–water partition coefficient (Wildman–Crippen LogP) is 5.36. The summed E-state index contributed by atoms with van der Waals surface area (Å²) in [6.45, 7) is 0. The van der Waals surface area contributed by atoms with Gasteiger partial charge in [0.15, 0.2) is 0 Å². The van der Waals surface area contributed by atoms with Gasteiger partial charge in [0.1, 0.15) is 23.1 Å². The first-order valence-corrected chi connectivity index (χ1v) is 13.0. The molecule has 0 spiro atoms. The Morgan fingerprint density at radius 3 is 1.11 bits per heavy atom. The van der Waals surface area contributed by atoms with Crippen LogP contribution in [0.3, 0.4) is 0 Å². The molecule has 0 fully saturated rings. The topological polar surface area (TPSA) is 102 Å². The van der Waals surface area contributed by atoms with E-state index in [0.29, 0.717) is 11.5 Å². The quantitative estimate of drug-likeness (QED) is 0.328. The smallest absolute Gasteiger partial charge is 0.261 e. The fourth-order valence-electron chi connectivity index (χ4n) is 2.97. The zero-order chi connectivity index (χ0) is 25.1. The fourth-order valence-corrected chi connectivity index (χ4v) is 5.09. The maximum atomic E-state index is 13.0. The van der Waals surface area contributed by atoms with Crippen LogP contribution in [-0.4, -0.2) is 16.8 Å². The minimum Gasteiger partial charge on any atom is -0.457 e. The first kappa shape index (κ1) is 24.2. The second kappa shape index (κ2) is 9.72. The van der Waals surface area contributed by atoms with Crippen LogP contribution >= 0.6 is 0 Å². The number of rotatable bonds is 8.